The van der Waals surface area contributed by atoms with E-state index in [1.54, 1.807) is 0 Å². The van der Waals surface area contributed by atoms with Crippen LogP contribution in [0.1, 0.15) is 17.5 Å². The average Bonchev–Trinajstić information content (AvgIpc) is 2.72. The second-order valence-corrected chi connectivity index (χ2v) is 7.83. The van der Waals surface area contributed by atoms with E-state index in [0.29, 0.717) is 6.42 Å². The molecule has 0 spiro atoms. The van der Waals surface area contributed by atoms with Crippen molar-refractivity contribution in [1.82, 2.24) is 9.80 Å². The van der Waals surface area contributed by atoms with Gasteiger partial charge in [-0.1, -0.05) is 41.9 Å². The fourth-order valence-electron chi connectivity index (χ4n) is 4.04. The maximum Gasteiger partial charge on any atom is 0.223 e. The molecule has 2 aromatic carbocycles. The summed E-state index contributed by atoms with van der Waals surface area (Å²) in [6.45, 7) is 6.16. The van der Waals surface area contributed by atoms with Crippen LogP contribution < -0.4 is 4.90 Å². The van der Waals surface area contributed by atoms with Crippen LogP contribution in [0.15, 0.2) is 48.5 Å². The summed E-state index contributed by atoms with van der Waals surface area (Å²) < 4.78 is 0. The Morgan fingerprint density at radius 1 is 0.926 bits per heavy atom. The van der Waals surface area contributed by atoms with Gasteiger partial charge >= 0.3 is 0 Å². The standard InChI is InChI=1S/C22H26ClN3O/c23-20-6-3-7-21(16-20)25-12-14-26(15-13-25)22(27)9-11-24-10-8-18-4-1-2-5-19(18)17-24/h1-7,16H,8-15,17H2. The molecule has 1 saturated heterocycles. The zero-order valence-electron chi connectivity index (χ0n) is 15.6. The van der Waals surface area contributed by atoms with Crippen molar-refractivity contribution in [3.63, 3.8) is 0 Å². The smallest absolute Gasteiger partial charge is 0.223 e. The van der Waals surface area contributed by atoms with Gasteiger partial charge in [-0.2, -0.15) is 0 Å². The molecule has 0 unspecified atom stereocenters. The van der Waals surface area contributed by atoms with Gasteiger partial charge in [-0.3, -0.25) is 9.69 Å². The lowest BCUT2D eigenvalue weighted by Gasteiger charge is -2.36. The van der Waals surface area contributed by atoms with Crippen molar-refractivity contribution in [2.45, 2.75) is 19.4 Å². The lowest BCUT2D eigenvalue weighted by Crippen LogP contribution is -2.49. The molecule has 0 atom stereocenters. The minimum absolute atomic E-state index is 0.277. The molecule has 0 N–H and O–H groups in total. The molecule has 1 fully saturated rings. The normalized spacial score (nSPS) is 17.7. The predicted octanol–water partition coefficient (Wildman–Crippen LogP) is 3.44. The Morgan fingerprint density at radius 3 is 2.48 bits per heavy atom. The number of hydrogen-bond acceptors (Lipinski definition) is 3. The first kappa shape index (κ1) is 18.3. The largest absolute Gasteiger partial charge is 0.368 e. The number of nitrogens with zero attached hydrogens (tertiary/aromatic N) is 3. The van der Waals surface area contributed by atoms with Gasteiger partial charge in [0.25, 0.3) is 0 Å². The number of piperazine rings is 1. The first-order valence-corrected chi connectivity index (χ1v) is 10.1. The number of fused-ring (bicyclic) bond motifs is 1. The molecule has 142 valence electrons. The zero-order chi connectivity index (χ0) is 18.6. The van der Waals surface area contributed by atoms with Crippen LogP contribution in [-0.2, 0) is 17.8 Å². The van der Waals surface area contributed by atoms with Crippen LogP contribution in [0.5, 0.6) is 0 Å². The molecule has 2 aliphatic rings. The van der Waals surface area contributed by atoms with Gasteiger partial charge in [-0.05, 0) is 35.7 Å². The van der Waals surface area contributed by atoms with E-state index in [4.69, 9.17) is 11.6 Å². The number of hydrogen-bond donors (Lipinski definition) is 0. The summed E-state index contributed by atoms with van der Waals surface area (Å²) in [5.41, 5.74) is 4.00. The first-order chi connectivity index (χ1) is 13.2. The van der Waals surface area contributed by atoms with E-state index in [0.717, 1.165) is 62.9 Å². The fourth-order valence-corrected chi connectivity index (χ4v) is 4.23. The van der Waals surface area contributed by atoms with Crippen LogP contribution in [-0.4, -0.2) is 55.0 Å². The van der Waals surface area contributed by atoms with Crippen LogP contribution >= 0.6 is 11.6 Å². The average molecular weight is 384 g/mol. The molecular formula is C22H26ClN3O. The molecular weight excluding hydrogens is 358 g/mol. The molecule has 0 aromatic heterocycles. The molecule has 1 amide bonds. The summed E-state index contributed by atoms with van der Waals surface area (Å²) in [4.78, 5) is 19.4. The number of carbonyl (C=O) groups is 1. The molecule has 2 heterocycles. The monoisotopic (exact) mass is 383 g/mol. The summed E-state index contributed by atoms with van der Waals surface area (Å²) in [6, 6.07) is 16.6. The van der Waals surface area contributed by atoms with Crippen molar-refractivity contribution in [2.75, 3.05) is 44.2 Å². The first-order valence-electron chi connectivity index (χ1n) is 9.76. The van der Waals surface area contributed by atoms with Gasteiger partial charge in [0.15, 0.2) is 0 Å². The van der Waals surface area contributed by atoms with Gasteiger partial charge < -0.3 is 9.80 Å². The molecule has 27 heavy (non-hydrogen) atoms. The Labute approximate surface area is 166 Å². The molecule has 0 bridgehead atoms. The third-order valence-electron chi connectivity index (χ3n) is 5.66. The number of amides is 1. The van der Waals surface area contributed by atoms with E-state index in [9.17, 15) is 4.79 Å². The minimum atomic E-state index is 0.277. The number of benzene rings is 2. The maximum atomic E-state index is 12.6. The van der Waals surface area contributed by atoms with Crippen molar-refractivity contribution in [1.29, 1.82) is 0 Å². The van der Waals surface area contributed by atoms with Crippen molar-refractivity contribution in [3.05, 3.63) is 64.7 Å². The SMILES string of the molecule is O=C(CCN1CCc2ccccc2C1)N1CCN(c2cccc(Cl)c2)CC1. The lowest BCUT2D eigenvalue weighted by atomic mass is 10.00. The fraction of sp³-hybridized carbons (Fsp3) is 0.409. The third kappa shape index (κ3) is 4.45. The lowest BCUT2D eigenvalue weighted by molar-refractivity contribution is -0.131. The van der Waals surface area contributed by atoms with E-state index < -0.39 is 0 Å². The molecule has 5 heteroatoms. The van der Waals surface area contributed by atoms with E-state index in [1.165, 1.54) is 11.1 Å². The minimum Gasteiger partial charge on any atom is -0.368 e. The van der Waals surface area contributed by atoms with E-state index >= 15 is 0 Å². The second kappa shape index (κ2) is 8.32. The Hall–Kier alpha value is -2.04. The summed E-state index contributed by atoms with van der Waals surface area (Å²) in [5, 5.41) is 0.758. The van der Waals surface area contributed by atoms with Crippen molar-refractivity contribution in [3.8, 4) is 0 Å². The highest BCUT2D eigenvalue weighted by Crippen LogP contribution is 2.21. The van der Waals surface area contributed by atoms with Gasteiger partial charge in [-0.25, -0.2) is 0 Å². The van der Waals surface area contributed by atoms with Crippen LogP contribution in [0.3, 0.4) is 0 Å². The summed E-state index contributed by atoms with van der Waals surface area (Å²) in [5.74, 6) is 0.277. The topological polar surface area (TPSA) is 26.8 Å². The zero-order valence-corrected chi connectivity index (χ0v) is 16.4. The van der Waals surface area contributed by atoms with E-state index in [2.05, 4.69) is 40.1 Å². The van der Waals surface area contributed by atoms with Crippen LogP contribution in [0.25, 0.3) is 0 Å². The van der Waals surface area contributed by atoms with Gasteiger partial charge in [0.1, 0.15) is 0 Å². The van der Waals surface area contributed by atoms with Gasteiger partial charge in [0.05, 0.1) is 0 Å². The molecule has 4 rings (SSSR count). The predicted molar refractivity (Wildman–Crippen MR) is 110 cm³/mol. The Kier molecular flexibility index (Phi) is 5.65. The molecule has 0 radical (unpaired) electrons. The number of rotatable bonds is 4. The van der Waals surface area contributed by atoms with Crippen molar-refractivity contribution < 1.29 is 4.79 Å². The third-order valence-corrected chi connectivity index (χ3v) is 5.89. The van der Waals surface area contributed by atoms with Crippen LogP contribution in [0.4, 0.5) is 5.69 Å². The Morgan fingerprint density at radius 2 is 1.70 bits per heavy atom. The highest BCUT2D eigenvalue weighted by Gasteiger charge is 2.22. The maximum absolute atomic E-state index is 12.6. The number of halogens is 1. The van der Waals surface area contributed by atoms with E-state index in [1.807, 2.05) is 23.1 Å². The van der Waals surface area contributed by atoms with Gasteiger partial charge in [-0.15, -0.1) is 0 Å². The van der Waals surface area contributed by atoms with Crippen molar-refractivity contribution in [2.24, 2.45) is 0 Å². The van der Waals surface area contributed by atoms with Crippen LogP contribution in [0, 0.1) is 0 Å². The van der Waals surface area contributed by atoms with Gasteiger partial charge in [0.2, 0.25) is 5.91 Å². The molecule has 0 saturated carbocycles. The highest BCUT2D eigenvalue weighted by atomic mass is 35.5. The van der Waals surface area contributed by atoms with Crippen molar-refractivity contribution >= 4 is 23.2 Å². The molecule has 2 aromatic rings. The highest BCUT2D eigenvalue weighted by molar-refractivity contribution is 6.30. The van der Waals surface area contributed by atoms with E-state index in [-0.39, 0.29) is 5.91 Å². The Bertz CT molecular complexity index is 802. The summed E-state index contributed by atoms with van der Waals surface area (Å²) in [7, 11) is 0. The second-order valence-electron chi connectivity index (χ2n) is 7.39. The molecule has 2 aliphatic heterocycles. The number of carbonyl (C=O) groups excluding carboxylic acids is 1. The van der Waals surface area contributed by atoms with Gasteiger partial charge in [0, 0.05) is 62.9 Å². The molecule has 4 nitrogen and oxygen atoms in total. The summed E-state index contributed by atoms with van der Waals surface area (Å²) >= 11 is 6.09. The Balaban J connectivity index is 1.24. The summed E-state index contributed by atoms with van der Waals surface area (Å²) in [6.07, 6.45) is 1.70. The number of anilines is 1. The van der Waals surface area contributed by atoms with Crippen LogP contribution in [0.2, 0.25) is 5.02 Å². The molecule has 0 aliphatic carbocycles. The quantitative estimate of drug-likeness (QED) is 0.809.